The Morgan fingerprint density at radius 3 is 2.15 bits per heavy atom. The molecule has 3 aliphatic rings. The molecule has 3 fully saturated rings. The van der Waals surface area contributed by atoms with E-state index < -0.39 is 15.6 Å². The van der Waals surface area contributed by atoms with Gasteiger partial charge in [-0.2, -0.15) is 4.31 Å². The summed E-state index contributed by atoms with van der Waals surface area (Å²) in [6.45, 7) is 3.63. The molecule has 0 amide bonds. The van der Waals surface area contributed by atoms with Crippen molar-refractivity contribution < 1.29 is 18.3 Å². The maximum Gasteiger partial charge on any atom is 0.211 e. The van der Waals surface area contributed by atoms with Crippen LogP contribution in [0.5, 0.6) is 5.75 Å². The average molecular weight is 486 g/mol. The third-order valence-electron chi connectivity index (χ3n) is 7.63. The minimum absolute atomic E-state index is 0.311. The largest absolute Gasteiger partial charge is 0.491 e. The molecule has 1 N–H and O–H groups in total. The zero-order valence-corrected chi connectivity index (χ0v) is 20.7. The van der Waals surface area contributed by atoms with Gasteiger partial charge in [-0.15, -0.1) is 0 Å². The van der Waals surface area contributed by atoms with Crippen molar-refractivity contribution in [1.82, 2.24) is 9.21 Å². The highest BCUT2D eigenvalue weighted by molar-refractivity contribution is 7.88. The van der Waals surface area contributed by atoms with Gasteiger partial charge in [0.25, 0.3) is 0 Å². The Bertz CT molecular complexity index is 1050. The first-order chi connectivity index (χ1) is 16.3. The van der Waals surface area contributed by atoms with E-state index in [1.165, 1.54) is 16.1 Å². The van der Waals surface area contributed by atoms with Gasteiger partial charge in [0, 0.05) is 50.5 Å². The molecule has 184 valence electrons. The lowest BCUT2D eigenvalue weighted by molar-refractivity contribution is -0.0791. The van der Waals surface area contributed by atoms with Crippen LogP contribution in [0.1, 0.15) is 31.2 Å². The van der Waals surface area contributed by atoms with Crippen molar-refractivity contribution in [3.8, 4) is 5.75 Å². The second kappa shape index (κ2) is 9.49. The lowest BCUT2D eigenvalue weighted by Crippen LogP contribution is -2.53. The van der Waals surface area contributed by atoms with Crippen LogP contribution in [0.25, 0.3) is 0 Å². The van der Waals surface area contributed by atoms with E-state index in [1.807, 2.05) is 24.3 Å². The standard InChI is InChI=1S/C26H35N3O4S/c1-34(31,32)28-15-13-27(14-16-28)22-9-11-25(12-10-22)33-20-26(30)17-23-7-8-24(18-26)29(23)19-21-5-3-2-4-6-21/h2-6,9-12,23-24,30H,7-8,13-20H2,1H3/t23-,24+,26?. The summed E-state index contributed by atoms with van der Waals surface area (Å²) in [7, 11) is -3.13. The molecule has 3 atom stereocenters. The van der Waals surface area contributed by atoms with Crippen molar-refractivity contribution in [1.29, 1.82) is 0 Å². The van der Waals surface area contributed by atoms with Crippen molar-refractivity contribution in [3.63, 3.8) is 0 Å². The Morgan fingerprint density at radius 1 is 0.941 bits per heavy atom. The van der Waals surface area contributed by atoms with Gasteiger partial charge in [-0.05, 0) is 55.5 Å². The number of ether oxygens (including phenoxy) is 1. The van der Waals surface area contributed by atoms with Crippen molar-refractivity contribution in [2.75, 3.05) is 43.9 Å². The van der Waals surface area contributed by atoms with Crippen molar-refractivity contribution in [3.05, 3.63) is 60.2 Å². The van der Waals surface area contributed by atoms with E-state index >= 15 is 0 Å². The Balaban J connectivity index is 1.14. The number of aliphatic hydroxyl groups is 1. The van der Waals surface area contributed by atoms with E-state index in [9.17, 15) is 13.5 Å². The van der Waals surface area contributed by atoms with Crippen molar-refractivity contribution >= 4 is 15.7 Å². The van der Waals surface area contributed by atoms with Gasteiger partial charge in [0.1, 0.15) is 18.0 Å². The molecule has 3 aliphatic heterocycles. The number of nitrogens with zero attached hydrogens (tertiary/aromatic N) is 3. The fourth-order valence-electron chi connectivity index (χ4n) is 5.83. The molecule has 0 aliphatic carbocycles. The first kappa shape index (κ1) is 23.6. The van der Waals surface area contributed by atoms with Crippen LogP contribution in [0, 0.1) is 0 Å². The van der Waals surface area contributed by atoms with E-state index in [0.717, 1.165) is 43.7 Å². The summed E-state index contributed by atoms with van der Waals surface area (Å²) in [5.41, 5.74) is 1.60. The molecule has 0 radical (unpaired) electrons. The summed E-state index contributed by atoms with van der Waals surface area (Å²) in [4.78, 5) is 4.77. The monoisotopic (exact) mass is 485 g/mol. The van der Waals surface area contributed by atoms with Crippen LogP contribution >= 0.6 is 0 Å². The maximum absolute atomic E-state index is 11.7. The molecule has 7 nitrogen and oxygen atoms in total. The number of hydrogen-bond donors (Lipinski definition) is 1. The summed E-state index contributed by atoms with van der Waals surface area (Å²) >= 11 is 0. The Hall–Kier alpha value is -2.13. The SMILES string of the molecule is CS(=O)(=O)N1CCN(c2ccc(OCC3(O)C[C@H]4CC[C@@H](C3)N4Cc3ccccc3)cc2)CC1. The van der Waals surface area contributed by atoms with Crippen LogP contribution in [0.4, 0.5) is 5.69 Å². The summed E-state index contributed by atoms with van der Waals surface area (Å²) in [5.74, 6) is 0.756. The van der Waals surface area contributed by atoms with E-state index in [2.05, 4.69) is 40.1 Å². The minimum Gasteiger partial charge on any atom is -0.491 e. The molecule has 0 aromatic heterocycles. The van der Waals surface area contributed by atoms with E-state index in [-0.39, 0.29) is 0 Å². The van der Waals surface area contributed by atoms with Crippen LogP contribution < -0.4 is 9.64 Å². The quantitative estimate of drug-likeness (QED) is 0.650. The molecule has 0 saturated carbocycles. The predicted molar refractivity (Wildman–Crippen MR) is 134 cm³/mol. The van der Waals surface area contributed by atoms with Crippen LogP contribution in [0.2, 0.25) is 0 Å². The van der Waals surface area contributed by atoms with Gasteiger partial charge in [-0.25, -0.2) is 8.42 Å². The zero-order valence-electron chi connectivity index (χ0n) is 19.8. The first-order valence-corrected chi connectivity index (χ1v) is 14.1. The second-order valence-corrected chi connectivity index (χ2v) is 12.1. The summed E-state index contributed by atoms with van der Waals surface area (Å²) in [6, 6.07) is 19.3. The number of anilines is 1. The van der Waals surface area contributed by atoms with Gasteiger partial charge in [-0.1, -0.05) is 30.3 Å². The van der Waals surface area contributed by atoms with Crippen molar-refractivity contribution in [2.24, 2.45) is 0 Å². The number of fused-ring (bicyclic) bond motifs is 2. The molecule has 8 heteroatoms. The van der Waals surface area contributed by atoms with Crippen LogP contribution in [0.15, 0.2) is 54.6 Å². The van der Waals surface area contributed by atoms with Gasteiger partial charge in [-0.3, -0.25) is 4.90 Å². The lowest BCUT2D eigenvalue weighted by atomic mass is 9.86. The fourth-order valence-corrected chi connectivity index (χ4v) is 6.66. The van der Waals surface area contributed by atoms with Gasteiger partial charge in [0.2, 0.25) is 10.0 Å². The Morgan fingerprint density at radius 2 is 1.56 bits per heavy atom. The van der Waals surface area contributed by atoms with Gasteiger partial charge in [0.05, 0.1) is 6.26 Å². The molecule has 34 heavy (non-hydrogen) atoms. The third kappa shape index (κ3) is 5.25. The molecule has 3 saturated heterocycles. The summed E-state index contributed by atoms with van der Waals surface area (Å²) in [5, 5.41) is 11.3. The van der Waals surface area contributed by atoms with Crippen LogP contribution in [-0.4, -0.2) is 79.5 Å². The number of piperazine rings is 1. The van der Waals surface area contributed by atoms with Gasteiger partial charge < -0.3 is 14.7 Å². The number of piperidine rings is 1. The zero-order chi connectivity index (χ0) is 23.8. The lowest BCUT2D eigenvalue weighted by Gasteiger charge is -2.43. The maximum atomic E-state index is 11.7. The van der Waals surface area contributed by atoms with Crippen molar-refractivity contribution in [2.45, 2.75) is 49.9 Å². The summed E-state index contributed by atoms with van der Waals surface area (Å²) < 4.78 is 31.0. The van der Waals surface area contributed by atoms with Crippen LogP contribution in [-0.2, 0) is 16.6 Å². The average Bonchev–Trinajstić information content (AvgIpc) is 3.07. The molecule has 1 unspecified atom stereocenters. The fraction of sp³-hybridized carbons (Fsp3) is 0.538. The molecule has 0 spiro atoms. The number of sulfonamides is 1. The number of hydrogen-bond acceptors (Lipinski definition) is 6. The molecule has 5 rings (SSSR count). The summed E-state index contributed by atoms with van der Waals surface area (Å²) in [6.07, 6.45) is 5.04. The highest BCUT2D eigenvalue weighted by Crippen LogP contribution is 2.42. The number of benzene rings is 2. The van der Waals surface area contributed by atoms with E-state index in [1.54, 1.807) is 0 Å². The predicted octanol–water partition coefficient (Wildman–Crippen LogP) is 2.71. The smallest absolute Gasteiger partial charge is 0.211 e. The minimum atomic E-state index is -3.13. The Kier molecular flexibility index (Phi) is 6.59. The molecular formula is C26H35N3O4S. The van der Waals surface area contributed by atoms with Gasteiger partial charge in [0.15, 0.2) is 0 Å². The third-order valence-corrected chi connectivity index (χ3v) is 8.93. The normalized spacial score (nSPS) is 28.2. The van der Waals surface area contributed by atoms with Gasteiger partial charge >= 0.3 is 0 Å². The van der Waals surface area contributed by atoms with Crippen LogP contribution in [0.3, 0.4) is 0 Å². The molecule has 2 bridgehead atoms. The molecule has 3 heterocycles. The highest BCUT2D eigenvalue weighted by atomic mass is 32.2. The number of rotatable bonds is 7. The first-order valence-electron chi connectivity index (χ1n) is 12.2. The second-order valence-electron chi connectivity index (χ2n) is 10.1. The van der Waals surface area contributed by atoms with E-state index in [4.69, 9.17) is 4.74 Å². The van der Waals surface area contributed by atoms with E-state index in [0.29, 0.717) is 44.9 Å². The topological polar surface area (TPSA) is 73.3 Å². The molecular weight excluding hydrogens is 450 g/mol. The molecule has 2 aromatic rings. The Labute approximate surface area is 203 Å². The highest BCUT2D eigenvalue weighted by Gasteiger charge is 2.47. The molecule has 2 aromatic carbocycles.